The molecule has 0 aliphatic carbocycles. The van der Waals surface area contributed by atoms with Gasteiger partial charge in [-0.2, -0.15) is 0 Å². The van der Waals surface area contributed by atoms with Gasteiger partial charge < -0.3 is 10.2 Å². The monoisotopic (exact) mass is 333 g/mol. The molecule has 0 fully saturated rings. The minimum absolute atomic E-state index is 0.823. The first-order valence-corrected chi connectivity index (χ1v) is 7.57. The van der Waals surface area contributed by atoms with Crippen LogP contribution in [0.15, 0.2) is 53.1 Å². The van der Waals surface area contributed by atoms with Gasteiger partial charge in [-0.05, 0) is 30.8 Å². The maximum absolute atomic E-state index is 4.29. The molecule has 0 unspecified atom stereocenters. The Morgan fingerprint density at radius 3 is 2.70 bits per heavy atom. The van der Waals surface area contributed by atoms with E-state index in [9.17, 15) is 0 Å². The number of hydrogen-bond donors (Lipinski definition) is 1. The lowest BCUT2D eigenvalue weighted by molar-refractivity contribution is 0.323. The molecule has 0 amide bonds. The molecule has 2 rings (SSSR count). The number of pyridine rings is 1. The summed E-state index contributed by atoms with van der Waals surface area (Å²) in [7, 11) is 2.14. The van der Waals surface area contributed by atoms with Gasteiger partial charge >= 0.3 is 0 Å². The SMILES string of the molecule is CN(CCNCc1ccccn1)Cc1ccccc1Br. The highest BCUT2D eigenvalue weighted by Crippen LogP contribution is 2.16. The first-order valence-electron chi connectivity index (χ1n) is 6.78. The molecule has 2 aromatic rings. The van der Waals surface area contributed by atoms with Crippen LogP contribution in [0.3, 0.4) is 0 Å². The van der Waals surface area contributed by atoms with Crippen LogP contribution in [-0.4, -0.2) is 30.0 Å². The Morgan fingerprint density at radius 2 is 1.95 bits per heavy atom. The number of nitrogens with zero attached hydrogens (tertiary/aromatic N) is 2. The highest BCUT2D eigenvalue weighted by Gasteiger charge is 2.03. The second kappa shape index (κ2) is 8.15. The number of likely N-dealkylation sites (N-methyl/N-ethyl adjacent to an activating group) is 1. The van der Waals surface area contributed by atoms with Crippen LogP contribution in [0.4, 0.5) is 0 Å². The third-order valence-electron chi connectivity index (χ3n) is 3.10. The summed E-state index contributed by atoms with van der Waals surface area (Å²) in [6.07, 6.45) is 1.83. The Kier molecular flexibility index (Phi) is 6.18. The summed E-state index contributed by atoms with van der Waals surface area (Å²) in [4.78, 5) is 6.60. The van der Waals surface area contributed by atoms with Gasteiger partial charge in [0.15, 0.2) is 0 Å². The van der Waals surface area contributed by atoms with Gasteiger partial charge in [-0.25, -0.2) is 0 Å². The number of hydrogen-bond acceptors (Lipinski definition) is 3. The molecule has 4 heteroatoms. The topological polar surface area (TPSA) is 28.2 Å². The summed E-state index contributed by atoms with van der Waals surface area (Å²) < 4.78 is 1.17. The van der Waals surface area contributed by atoms with Crippen LogP contribution in [0.5, 0.6) is 0 Å². The molecular weight excluding hydrogens is 314 g/mol. The van der Waals surface area contributed by atoms with Crippen molar-refractivity contribution in [1.29, 1.82) is 0 Å². The summed E-state index contributed by atoms with van der Waals surface area (Å²) in [5.41, 5.74) is 2.40. The van der Waals surface area contributed by atoms with E-state index in [4.69, 9.17) is 0 Å². The molecule has 0 spiro atoms. The summed E-state index contributed by atoms with van der Waals surface area (Å²) in [6.45, 7) is 3.74. The molecule has 1 aromatic heterocycles. The van der Waals surface area contributed by atoms with E-state index in [-0.39, 0.29) is 0 Å². The summed E-state index contributed by atoms with van der Waals surface area (Å²) in [5.74, 6) is 0. The highest BCUT2D eigenvalue weighted by atomic mass is 79.9. The van der Waals surface area contributed by atoms with Crippen LogP contribution in [0, 0.1) is 0 Å². The van der Waals surface area contributed by atoms with Crippen molar-refractivity contribution in [2.24, 2.45) is 0 Å². The lowest BCUT2D eigenvalue weighted by Crippen LogP contribution is -2.29. The first kappa shape index (κ1) is 15.2. The maximum atomic E-state index is 4.29. The van der Waals surface area contributed by atoms with E-state index in [0.29, 0.717) is 0 Å². The molecule has 20 heavy (non-hydrogen) atoms. The fourth-order valence-electron chi connectivity index (χ4n) is 1.99. The zero-order valence-electron chi connectivity index (χ0n) is 11.7. The third kappa shape index (κ3) is 5.04. The van der Waals surface area contributed by atoms with Crippen LogP contribution < -0.4 is 5.32 Å². The normalized spacial score (nSPS) is 10.9. The maximum Gasteiger partial charge on any atom is 0.0541 e. The van der Waals surface area contributed by atoms with Crippen molar-refractivity contribution in [1.82, 2.24) is 15.2 Å². The number of rotatable bonds is 7. The Bertz CT molecular complexity index is 516. The second-order valence-corrected chi connectivity index (χ2v) is 5.68. The third-order valence-corrected chi connectivity index (χ3v) is 3.87. The molecule has 1 heterocycles. The van der Waals surface area contributed by atoms with Crippen LogP contribution in [0.1, 0.15) is 11.3 Å². The van der Waals surface area contributed by atoms with Gasteiger partial charge in [-0.1, -0.05) is 40.2 Å². The van der Waals surface area contributed by atoms with Crippen molar-refractivity contribution >= 4 is 15.9 Å². The predicted molar refractivity (Wildman–Crippen MR) is 86.4 cm³/mol. The zero-order chi connectivity index (χ0) is 14.2. The lowest BCUT2D eigenvalue weighted by Gasteiger charge is -2.17. The fourth-order valence-corrected chi connectivity index (χ4v) is 2.40. The zero-order valence-corrected chi connectivity index (χ0v) is 13.3. The van der Waals surface area contributed by atoms with Crippen LogP contribution in [0.2, 0.25) is 0 Å². The van der Waals surface area contributed by atoms with Crippen molar-refractivity contribution in [3.05, 3.63) is 64.4 Å². The molecule has 0 bridgehead atoms. The quantitative estimate of drug-likeness (QED) is 0.789. The van der Waals surface area contributed by atoms with Gasteiger partial charge in [0.1, 0.15) is 0 Å². The highest BCUT2D eigenvalue weighted by molar-refractivity contribution is 9.10. The molecule has 0 saturated carbocycles. The van der Waals surface area contributed by atoms with E-state index >= 15 is 0 Å². The van der Waals surface area contributed by atoms with Gasteiger partial charge in [-0.3, -0.25) is 4.98 Å². The van der Waals surface area contributed by atoms with Gasteiger partial charge in [0.2, 0.25) is 0 Å². The summed E-state index contributed by atoms with van der Waals surface area (Å²) in [5, 5.41) is 3.42. The molecule has 106 valence electrons. The van der Waals surface area contributed by atoms with Crippen molar-refractivity contribution in [2.45, 2.75) is 13.1 Å². The average Bonchev–Trinajstić information content (AvgIpc) is 2.47. The van der Waals surface area contributed by atoms with E-state index < -0.39 is 0 Å². The molecule has 1 N–H and O–H groups in total. The Morgan fingerprint density at radius 1 is 1.15 bits per heavy atom. The molecule has 3 nitrogen and oxygen atoms in total. The van der Waals surface area contributed by atoms with Crippen LogP contribution in [-0.2, 0) is 13.1 Å². The van der Waals surface area contributed by atoms with Crippen molar-refractivity contribution in [3.8, 4) is 0 Å². The minimum atomic E-state index is 0.823. The Hall–Kier alpha value is -1.23. The molecule has 0 radical (unpaired) electrons. The van der Waals surface area contributed by atoms with Crippen LogP contribution >= 0.6 is 15.9 Å². The summed E-state index contributed by atoms with van der Waals surface area (Å²) >= 11 is 3.59. The molecule has 0 saturated heterocycles. The van der Waals surface area contributed by atoms with E-state index in [1.165, 1.54) is 10.0 Å². The fraction of sp³-hybridized carbons (Fsp3) is 0.312. The standard InChI is InChI=1S/C16H20BrN3/c1-20(13-14-6-2-3-8-16(14)17)11-10-18-12-15-7-4-5-9-19-15/h2-9,18H,10-13H2,1H3. The number of aromatic nitrogens is 1. The number of halogens is 1. The van der Waals surface area contributed by atoms with Gasteiger partial charge in [0, 0.05) is 36.8 Å². The van der Waals surface area contributed by atoms with Gasteiger partial charge in [0.05, 0.1) is 5.69 Å². The van der Waals surface area contributed by atoms with Crippen molar-refractivity contribution < 1.29 is 0 Å². The smallest absolute Gasteiger partial charge is 0.0541 e. The molecule has 1 aromatic carbocycles. The van der Waals surface area contributed by atoms with Crippen molar-refractivity contribution in [2.75, 3.05) is 20.1 Å². The molecule has 0 atom stereocenters. The molecule has 0 aliphatic heterocycles. The molecule has 0 aliphatic rings. The average molecular weight is 334 g/mol. The van der Waals surface area contributed by atoms with E-state index in [2.05, 4.69) is 56.4 Å². The minimum Gasteiger partial charge on any atom is -0.310 e. The van der Waals surface area contributed by atoms with Gasteiger partial charge in [-0.15, -0.1) is 0 Å². The van der Waals surface area contributed by atoms with E-state index in [0.717, 1.165) is 31.9 Å². The number of nitrogens with one attached hydrogen (secondary N) is 1. The van der Waals surface area contributed by atoms with Crippen molar-refractivity contribution in [3.63, 3.8) is 0 Å². The Balaban J connectivity index is 1.68. The van der Waals surface area contributed by atoms with Gasteiger partial charge in [0.25, 0.3) is 0 Å². The lowest BCUT2D eigenvalue weighted by atomic mass is 10.2. The van der Waals surface area contributed by atoms with E-state index in [1.54, 1.807) is 0 Å². The second-order valence-electron chi connectivity index (χ2n) is 4.83. The predicted octanol–water partition coefficient (Wildman–Crippen LogP) is 3.07. The Labute approximate surface area is 129 Å². The number of benzene rings is 1. The summed E-state index contributed by atoms with van der Waals surface area (Å²) in [6, 6.07) is 14.4. The largest absolute Gasteiger partial charge is 0.310 e. The van der Waals surface area contributed by atoms with Crippen LogP contribution in [0.25, 0.3) is 0 Å². The molecular formula is C16H20BrN3. The first-order chi connectivity index (χ1) is 9.75. The van der Waals surface area contributed by atoms with E-state index in [1.807, 2.05) is 30.5 Å².